The van der Waals surface area contributed by atoms with Gasteiger partial charge in [0.15, 0.2) is 5.78 Å². The van der Waals surface area contributed by atoms with E-state index in [0.717, 1.165) is 11.3 Å². The average molecular weight is 274 g/mol. The molecule has 1 aromatic carbocycles. The Morgan fingerprint density at radius 2 is 1.84 bits per heavy atom. The summed E-state index contributed by atoms with van der Waals surface area (Å²) in [7, 11) is 3.18. The number of ketones is 1. The number of methoxy groups -OCH3 is 2. The number of benzene rings is 1. The second-order valence-corrected chi connectivity index (χ2v) is 4.70. The molecule has 0 spiro atoms. The fraction of sp³-hybridized carbons (Fsp3) is 0.133. The predicted molar refractivity (Wildman–Crippen MR) is 77.2 cm³/mol. The van der Waals surface area contributed by atoms with Gasteiger partial charge in [0, 0.05) is 0 Å². The van der Waals surface area contributed by atoms with Crippen LogP contribution in [-0.2, 0) is 0 Å². The molecule has 0 amide bonds. The van der Waals surface area contributed by atoms with Crippen molar-refractivity contribution in [1.82, 2.24) is 0 Å². The van der Waals surface area contributed by atoms with E-state index in [1.54, 1.807) is 32.4 Å². The highest BCUT2D eigenvalue weighted by molar-refractivity contribution is 7.12. The maximum atomic E-state index is 12.0. The Balaban J connectivity index is 2.11. The van der Waals surface area contributed by atoms with Crippen molar-refractivity contribution in [2.45, 2.75) is 0 Å². The van der Waals surface area contributed by atoms with E-state index in [1.165, 1.54) is 11.3 Å². The number of carbonyl (C=O) groups is 1. The van der Waals surface area contributed by atoms with Crippen molar-refractivity contribution in [2.24, 2.45) is 0 Å². The normalized spacial score (nSPS) is 10.6. The van der Waals surface area contributed by atoms with Gasteiger partial charge in [0.05, 0.1) is 14.2 Å². The van der Waals surface area contributed by atoms with Gasteiger partial charge in [-0.25, -0.2) is 0 Å². The van der Waals surface area contributed by atoms with Gasteiger partial charge in [-0.15, -0.1) is 11.3 Å². The summed E-state index contributed by atoms with van der Waals surface area (Å²) in [6.07, 6.45) is 3.33. The molecule has 2 rings (SSSR count). The Morgan fingerprint density at radius 3 is 2.47 bits per heavy atom. The molecule has 3 nitrogen and oxygen atoms in total. The van der Waals surface area contributed by atoms with Crippen LogP contribution >= 0.6 is 11.3 Å². The van der Waals surface area contributed by atoms with Gasteiger partial charge in [-0.05, 0) is 35.2 Å². The van der Waals surface area contributed by atoms with Gasteiger partial charge in [0.1, 0.15) is 16.4 Å². The zero-order chi connectivity index (χ0) is 13.7. The summed E-state index contributed by atoms with van der Waals surface area (Å²) in [6, 6.07) is 9.30. The zero-order valence-electron chi connectivity index (χ0n) is 10.8. The van der Waals surface area contributed by atoms with Gasteiger partial charge in [0.25, 0.3) is 0 Å². The quantitative estimate of drug-likeness (QED) is 0.616. The van der Waals surface area contributed by atoms with Crippen LogP contribution in [0.3, 0.4) is 0 Å². The Kier molecular flexibility index (Phi) is 4.36. The highest BCUT2D eigenvalue weighted by Gasteiger charge is 2.10. The molecule has 0 saturated heterocycles. The lowest BCUT2D eigenvalue weighted by molar-refractivity contribution is 0.104. The van der Waals surface area contributed by atoms with Crippen molar-refractivity contribution in [3.63, 3.8) is 0 Å². The molecule has 4 heteroatoms. The lowest BCUT2D eigenvalue weighted by Gasteiger charge is -1.99. The van der Waals surface area contributed by atoms with Crippen LogP contribution in [0.25, 0.3) is 6.08 Å². The van der Waals surface area contributed by atoms with Crippen LogP contribution in [0, 0.1) is 0 Å². The second kappa shape index (κ2) is 6.20. The summed E-state index contributed by atoms with van der Waals surface area (Å²) in [5.74, 6) is 1.36. The minimum absolute atomic E-state index is 0.0531. The van der Waals surface area contributed by atoms with Crippen LogP contribution in [0.1, 0.15) is 15.2 Å². The number of hydrogen-bond donors (Lipinski definition) is 0. The number of carbonyl (C=O) groups excluding carboxylic acids is 1. The molecule has 0 fully saturated rings. The topological polar surface area (TPSA) is 35.5 Å². The molecule has 0 N–H and O–H groups in total. The summed E-state index contributed by atoms with van der Waals surface area (Å²) in [5, 5.41) is 1.84. The highest BCUT2D eigenvalue weighted by Crippen LogP contribution is 2.25. The molecule has 0 bridgehead atoms. The van der Waals surface area contributed by atoms with Crippen LogP contribution in [-0.4, -0.2) is 20.0 Å². The second-order valence-electron chi connectivity index (χ2n) is 3.79. The van der Waals surface area contributed by atoms with Crippen molar-refractivity contribution in [1.29, 1.82) is 0 Å². The average Bonchev–Trinajstić information content (AvgIpc) is 2.93. The molecule has 0 radical (unpaired) electrons. The fourth-order valence-corrected chi connectivity index (χ4v) is 2.38. The van der Waals surface area contributed by atoms with Gasteiger partial charge in [0.2, 0.25) is 0 Å². The van der Waals surface area contributed by atoms with Crippen molar-refractivity contribution in [3.05, 3.63) is 52.2 Å². The van der Waals surface area contributed by atoms with Crippen LogP contribution in [0.4, 0.5) is 0 Å². The first-order chi connectivity index (χ1) is 9.24. The number of ether oxygens (including phenoxy) is 2. The molecule has 2 aromatic rings. The van der Waals surface area contributed by atoms with E-state index in [0.29, 0.717) is 10.6 Å². The first-order valence-corrected chi connectivity index (χ1v) is 6.60. The van der Waals surface area contributed by atoms with Gasteiger partial charge in [-0.3, -0.25) is 4.79 Å². The Morgan fingerprint density at radius 1 is 1.11 bits per heavy atom. The number of thiophene rings is 1. The van der Waals surface area contributed by atoms with E-state index in [9.17, 15) is 4.79 Å². The first kappa shape index (κ1) is 13.4. The zero-order valence-corrected chi connectivity index (χ0v) is 11.6. The van der Waals surface area contributed by atoms with Gasteiger partial charge in [-0.2, -0.15) is 0 Å². The predicted octanol–water partition coefficient (Wildman–Crippen LogP) is 3.66. The van der Waals surface area contributed by atoms with E-state index in [1.807, 2.05) is 29.6 Å². The third kappa shape index (κ3) is 3.23. The number of hydrogen-bond acceptors (Lipinski definition) is 4. The maximum absolute atomic E-state index is 12.0. The Bertz CT molecular complexity index is 582. The number of allylic oxidation sites excluding steroid dienone is 1. The molecule has 19 heavy (non-hydrogen) atoms. The largest absolute Gasteiger partial charge is 0.497 e. The third-order valence-corrected chi connectivity index (χ3v) is 3.53. The number of rotatable bonds is 5. The smallest absolute Gasteiger partial charge is 0.199 e. The Labute approximate surface area is 116 Å². The fourth-order valence-electron chi connectivity index (χ4n) is 1.60. The maximum Gasteiger partial charge on any atom is 0.199 e. The van der Waals surface area contributed by atoms with Gasteiger partial charge >= 0.3 is 0 Å². The van der Waals surface area contributed by atoms with Gasteiger partial charge < -0.3 is 9.47 Å². The molecule has 0 unspecified atom stereocenters. The van der Waals surface area contributed by atoms with E-state index in [4.69, 9.17) is 9.47 Å². The summed E-state index contributed by atoms with van der Waals surface area (Å²) in [4.78, 5) is 12.6. The molecular formula is C15H14O3S. The SMILES string of the molecule is COc1ccc(/C=C/C(=O)c2sccc2OC)cc1. The molecule has 1 aromatic heterocycles. The van der Waals surface area contributed by atoms with E-state index in [2.05, 4.69) is 0 Å². The summed E-state index contributed by atoms with van der Waals surface area (Å²) >= 11 is 1.38. The van der Waals surface area contributed by atoms with E-state index >= 15 is 0 Å². The van der Waals surface area contributed by atoms with Crippen LogP contribution in [0.5, 0.6) is 11.5 Å². The summed E-state index contributed by atoms with van der Waals surface area (Å²) < 4.78 is 10.2. The van der Waals surface area contributed by atoms with Crippen molar-refractivity contribution in [2.75, 3.05) is 14.2 Å². The highest BCUT2D eigenvalue weighted by atomic mass is 32.1. The minimum atomic E-state index is -0.0531. The lowest BCUT2D eigenvalue weighted by atomic mass is 10.2. The summed E-state index contributed by atoms with van der Waals surface area (Å²) in [6.45, 7) is 0. The van der Waals surface area contributed by atoms with Crippen LogP contribution in [0.15, 0.2) is 41.8 Å². The molecular weight excluding hydrogens is 260 g/mol. The van der Waals surface area contributed by atoms with E-state index in [-0.39, 0.29) is 5.78 Å². The van der Waals surface area contributed by atoms with Gasteiger partial charge in [-0.1, -0.05) is 18.2 Å². The van der Waals surface area contributed by atoms with Crippen molar-refractivity contribution in [3.8, 4) is 11.5 Å². The van der Waals surface area contributed by atoms with Crippen LogP contribution < -0.4 is 9.47 Å². The lowest BCUT2D eigenvalue weighted by Crippen LogP contribution is -1.93. The molecule has 1 heterocycles. The van der Waals surface area contributed by atoms with E-state index < -0.39 is 0 Å². The molecule has 0 aliphatic carbocycles. The standard InChI is InChI=1S/C15H14O3S/c1-17-12-6-3-11(4-7-12)5-8-13(16)15-14(18-2)9-10-19-15/h3-10H,1-2H3/b8-5+. The van der Waals surface area contributed by atoms with Crippen molar-refractivity contribution < 1.29 is 14.3 Å². The summed E-state index contributed by atoms with van der Waals surface area (Å²) in [5.41, 5.74) is 0.949. The molecule has 0 saturated carbocycles. The Hall–Kier alpha value is -2.07. The first-order valence-electron chi connectivity index (χ1n) is 5.72. The van der Waals surface area contributed by atoms with Crippen LogP contribution in [0.2, 0.25) is 0 Å². The monoisotopic (exact) mass is 274 g/mol. The minimum Gasteiger partial charge on any atom is -0.497 e. The third-order valence-electron chi connectivity index (χ3n) is 2.62. The molecule has 0 aliphatic rings. The van der Waals surface area contributed by atoms with Crippen molar-refractivity contribution >= 4 is 23.2 Å². The molecule has 98 valence electrons. The molecule has 0 atom stereocenters. The molecule has 0 aliphatic heterocycles.